The van der Waals surface area contributed by atoms with Gasteiger partial charge in [0, 0.05) is 4.88 Å². The fourth-order valence-corrected chi connectivity index (χ4v) is 2.30. The summed E-state index contributed by atoms with van der Waals surface area (Å²) in [5.74, 6) is -2.03. The normalized spacial score (nSPS) is 11.5. The van der Waals surface area contributed by atoms with E-state index in [1.54, 1.807) is 12.1 Å². The van der Waals surface area contributed by atoms with Crippen molar-refractivity contribution in [2.75, 3.05) is 7.11 Å². The lowest BCUT2D eigenvalue weighted by Crippen LogP contribution is -2.46. The number of methoxy groups -OCH3 is 1. The highest BCUT2D eigenvalue weighted by Gasteiger charge is 2.23. The van der Waals surface area contributed by atoms with Gasteiger partial charge < -0.3 is 20.5 Å². The Kier molecular flexibility index (Phi) is 6.26. The molecule has 0 fully saturated rings. The summed E-state index contributed by atoms with van der Waals surface area (Å²) >= 11 is 7.04. The molecule has 3 N–H and O–H groups in total. The predicted octanol–water partition coefficient (Wildman–Crippen LogP) is 1.22. The number of rotatable bonds is 6. The molecule has 0 bridgehead atoms. The Hall–Kier alpha value is -1.80. The molecule has 0 aliphatic heterocycles. The first-order chi connectivity index (χ1) is 9.42. The Morgan fingerprint density at radius 1 is 1.45 bits per heavy atom. The smallest absolute Gasteiger partial charge is 0.326 e. The quantitative estimate of drug-likeness (QED) is 0.683. The molecule has 0 aliphatic carbocycles. The fraction of sp³-hybridized carbons (Fsp3) is 0.364. The van der Waals surface area contributed by atoms with E-state index in [-0.39, 0.29) is 6.54 Å². The monoisotopic (exact) mass is 320 g/mol. The van der Waals surface area contributed by atoms with Crippen LogP contribution in [0.5, 0.6) is 0 Å². The van der Waals surface area contributed by atoms with Gasteiger partial charge in [-0.3, -0.25) is 4.79 Å². The number of nitrogens with one attached hydrogen (secondary N) is 2. The van der Waals surface area contributed by atoms with Crippen LogP contribution in [0.4, 0.5) is 4.79 Å². The molecule has 1 rings (SSSR count). The van der Waals surface area contributed by atoms with Crippen LogP contribution >= 0.6 is 22.9 Å². The molecule has 1 aromatic heterocycles. The Morgan fingerprint density at radius 2 is 2.15 bits per heavy atom. The van der Waals surface area contributed by atoms with Crippen LogP contribution in [0.3, 0.4) is 0 Å². The molecule has 20 heavy (non-hydrogen) atoms. The van der Waals surface area contributed by atoms with Gasteiger partial charge >= 0.3 is 18.0 Å². The van der Waals surface area contributed by atoms with Gasteiger partial charge in [-0.1, -0.05) is 11.6 Å². The zero-order valence-electron chi connectivity index (χ0n) is 10.5. The number of thiophene rings is 1. The Morgan fingerprint density at radius 3 is 2.65 bits per heavy atom. The molecule has 1 heterocycles. The van der Waals surface area contributed by atoms with Crippen LogP contribution in [0.25, 0.3) is 0 Å². The van der Waals surface area contributed by atoms with Crippen molar-refractivity contribution in [3.05, 3.63) is 21.3 Å². The second kappa shape index (κ2) is 7.71. The summed E-state index contributed by atoms with van der Waals surface area (Å²) in [5, 5.41) is 13.5. The lowest BCUT2D eigenvalue weighted by Gasteiger charge is -2.13. The summed E-state index contributed by atoms with van der Waals surface area (Å²) in [6.45, 7) is 0.216. The summed E-state index contributed by atoms with van der Waals surface area (Å²) in [7, 11) is 1.14. The first-order valence-corrected chi connectivity index (χ1v) is 6.70. The topological polar surface area (TPSA) is 105 Å². The second-order valence-corrected chi connectivity index (χ2v) is 5.50. The highest BCUT2D eigenvalue weighted by molar-refractivity contribution is 7.16. The van der Waals surface area contributed by atoms with Crippen LogP contribution in [-0.4, -0.2) is 36.2 Å². The molecule has 0 aromatic carbocycles. The van der Waals surface area contributed by atoms with Gasteiger partial charge in [0.2, 0.25) is 0 Å². The third-order valence-electron chi connectivity index (χ3n) is 2.25. The standard InChI is InChI=1S/C11H13ClN2O5S/c1-19-9(15)4-7(10(16)17)14-11(18)13-5-6-2-3-8(12)20-6/h2-3,7H,4-5H2,1H3,(H,16,17)(H2,13,14,18)/t7-/m0/s1. The summed E-state index contributed by atoms with van der Waals surface area (Å²) < 4.78 is 4.95. The Labute approximate surface area is 123 Å². The number of hydrogen-bond acceptors (Lipinski definition) is 5. The molecule has 0 saturated carbocycles. The third kappa shape index (κ3) is 5.45. The van der Waals surface area contributed by atoms with Crippen LogP contribution in [0.15, 0.2) is 12.1 Å². The Balaban J connectivity index is 2.45. The van der Waals surface area contributed by atoms with Crippen LogP contribution in [0.1, 0.15) is 11.3 Å². The maximum Gasteiger partial charge on any atom is 0.326 e. The van der Waals surface area contributed by atoms with E-state index in [0.717, 1.165) is 12.0 Å². The summed E-state index contributed by atoms with van der Waals surface area (Å²) in [4.78, 5) is 34.3. The van der Waals surface area contributed by atoms with E-state index >= 15 is 0 Å². The molecule has 0 saturated heterocycles. The van der Waals surface area contributed by atoms with E-state index in [9.17, 15) is 14.4 Å². The van der Waals surface area contributed by atoms with Crippen molar-refractivity contribution in [2.45, 2.75) is 19.0 Å². The fourth-order valence-electron chi connectivity index (χ4n) is 1.27. The number of carbonyl (C=O) groups excluding carboxylic acids is 2. The van der Waals surface area contributed by atoms with E-state index < -0.39 is 30.4 Å². The number of aliphatic carboxylic acids is 1. The lowest BCUT2D eigenvalue weighted by atomic mass is 10.2. The maximum absolute atomic E-state index is 11.5. The van der Waals surface area contributed by atoms with E-state index in [4.69, 9.17) is 16.7 Å². The number of urea groups is 1. The van der Waals surface area contributed by atoms with Crippen molar-refractivity contribution in [1.29, 1.82) is 0 Å². The minimum absolute atomic E-state index is 0.216. The van der Waals surface area contributed by atoms with E-state index in [1.165, 1.54) is 11.3 Å². The summed E-state index contributed by atoms with van der Waals surface area (Å²) in [6, 6.07) is 1.41. The predicted molar refractivity (Wildman–Crippen MR) is 72.8 cm³/mol. The molecule has 0 unspecified atom stereocenters. The first-order valence-electron chi connectivity index (χ1n) is 5.50. The number of ether oxygens (including phenoxy) is 1. The van der Waals surface area contributed by atoms with Gasteiger partial charge in [0.25, 0.3) is 0 Å². The van der Waals surface area contributed by atoms with E-state index in [2.05, 4.69) is 15.4 Å². The first kappa shape index (κ1) is 16.3. The summed E-state index contributed by atoms with van der Waals surface area (Å²) in [6.07, 6.45) is -0.440. The number of carboxylic acids is 1. The van der Waals surface area contributed by atoms with Gasteiger partial charge in [0.05, 0.1) is 24.4 Å². The lowest BCUT2D eigenvalue weighted by molar-refractivity contribution is -0.147. The molecule has 7 nitrogen and oxygen atoms in total. The molecule has 1 atom stereocenters. The highest BCUT2D eigenvalue weighted by atomic mass is 35.5. The average molecular weight is 321 g/mol. The van der Waals surface area contributed by atoms with Gasteiger partial charge in [-0.05, 0) is 12.1 Å². The molecule has 2 amide bonds. The van der Waals surface area contributed by atoms with E-state index in [0.29, 0.717) is 4.34 Å². The zero-order valence-corrected chi connectivity index (χ0v) is 12.1. The minimum atomic E-state index is -1.34. The molecule has 0 spiro atoms. The van der Waals surface area contributed by atoms with Crippen LogP contribution in [-0.2, 0) is 20.9 Å². The molecule has 0 radical (unpaired) electrons. The van der Waals surface area contributed by atoms with Crippen LogP contribution < -0.4 is 10.6 Å². The SMILES string of the molecule is COC(=O)C[C@H](NC(=O)NCc1ccc(Cl)s1)C(=O)O. The molecule has 110 valence electrons. The largest absolute Gasteiger partial charge is 0.480 e. The third-order valence-corrected chi connectivity index (χ3v) is 3.49. The second-order valence-electron chi connectivity index (χ2n) is 3.70. The Bertz CT molecular complexity index is 505. The molecule has 9 heteroatoms. The van der Waals surface area contributed by atoms with E-state index in [1.807, 2.05) is 0 Å². The number of carboxylic acid groups (broad SMARTS) is 1. The van der Waals surface area contributed by atoms with Crippen molar-refractivity contribution in [3.8, 4) is 0 Å². The number of carbonyl (C=O) groups is 3. The number of hydrogen-bond donors (Lipinski definition) is 3. The van der Waals surface area contributed by atoms with Gasteiger partial charge in [-0.15, -0.1) is 11.3 Å². The van der Waals surface area contributed by atoms with Gasteiger partial charge in [0.1, 0.15) is 6.04 Å². The van der Waals surface area contributed by atoms with Crippen molar-refractivity contribution in [2.24, 2.45) is 0 Å². The molecule has 1 aromatic rings. The molecule has 0 aliphatic rings. The minimum Gasteiger partial charge on any atom is -0.480 e. The maximum atomic E-state index is 11.5. The van der Waals surface area contributed by atoms with Crippen LogP contribution in [0.2, 0.25) is 4.34 Å². The van der Waals surface area contributed by atoms with Crippen molar-refractivity contribution >= 4 is 40.9 Å². The average Bonchev–Trinajstić information content (AvgIpc) is 2.81. The van der Waals surface area contributed by atoms with Gasteiger partial charge in [0.15, 0.2) is 0 Å². The zero-order chi connectivity index (χ0) is 15.1. The molecular weight excluding hydrogens is 308 g/mol. The van der Waals surface area contributed by atoms with Crippen LogP contribution in [0, 0.1) is 0 Å². The highest BCUT2D eigenvalue weighted by Crippen LogP contribution is 2.20. The van der Waals surface area contributed by atoms with Crippen molar-refractivity contribution in [1.82, 2.24) is 10.6 Å². The number of esters is 1. The van der Waals surface area contributed by atoms with Crippen molar-refractivity contribution in [3.63, 3.8) is 0 Å². The van der Waals surface area contributed by atoms with Gasteiger partial charge in [-0.25, -0.2) is 9.59 Å². The van der Waals surface area contributed by atoms with Gasteiger partial charge in [-0.2, -0.15) is 0 Å². The number of amides is 2. The molecular formula is C11H13ClN2O5S. The summed E-state index contributed by atoms with van der Waals surface area (Å²) in [5.41, 5.74) is 0. The van der Waals surface area contributed by atoms with Crippen molar-refractivity contribution < 1.29 is 24.2 Å². The number of halogens is 1.